The van der Waals surface area contributed by atoms with Crippen molar-refractivity contribution in [2.45, 2.75) is 68.6 Å². The van der Waals surface area contributed by atoms with Crippen molar-refractivity contribution in [3.8, 4) is 6.07 Å². The highest BCUT2D eigenvalue weighted by Gasteiger charge is 2.37. The summed E-state index contributed by atoms with van der Waals surface area (Å²) in [6, 6.07) is 18.9. The minimum Gasteiger partial charge on any atom is -0.377 e. The molecule has 230 valence electrons. The first-order valence-corrected chi connectivity index (χ1v) is 20.8. The van der Waals surface area contributed by atoms with Crippen LogP contribution in [0.4, 0.5) is 0 Å². The van der Waals surface area contributed by atoms with Crippen molar-refractivity contribution >= 4 is 51.8 Å². The van der Waals surface area contributed by atoms with Crippen molar-refractivity contribution in [1.82, 2.24) is 13.5 Å². The summed E-state index contributed by atoms with van der Waals surface area (Å²) >= 11 is 1.48. The molecule has 0 aliphatic rings. The Kier molecular flexibility index (Phi) is 8.61. The lowest BCUT2D eigenvalue weighted by molar-refractivity contribution is 0.0558. The van der Waals surface area contributed by atoms with E-state index in [1.807, 2.05) is 36.8 Å². The normalized spacial score (nSPS) is 13.8. The van der Waals surface area contributed by atoms with Crippen LogP contribution in [0.5, 0.6) is 0 Å². The Balaban J connectivity index is 1.71. The maximum absolute atomic E-state index is 13.8. The monoisotopic (exact) mass is 646 g/mol. The van der Waals surface area contributed by atoms with Gasteiger partial charge in [-0.15, -0.1) is 11.8 Å². The molecule has 2 aromatic heterocycles. The lowest BCUT2D eigenvalue weighted by Crippen LogP contribution is -2.29. The van der Waals surface area contributed by atoms with E-state index >= 15 is 0 Å². The number of ether oxygens (including phenoxy) is 1. The summed E-state index contributed by atoms with van der Waals surface area (Å²) in [7, 11) is -5.24. The fraction of sp³-hybridized carbons (Fsp3) is 0.333. The third-order valence-electron chi connectivity index (χ3n) is 7.90. The first-order valence-electron chi connectivity index (χ1n) is 14.4. The van der Waals surface area contributed by atoms with Crippen molar-refractivity contribution in [3.63, 3.8) is 0 Å². The van der Waals surface area contributed by atoms with E-state index < -0.39 is 23.7 Å². The third kappa shape index (κ3) is 5.85. The molecule has 1 unspecified atom stereocenters. The maximum atomic E-state index is 13.8. The van der Waals surface area contributed by atoms with Crippen molar-refractivity contribution in [3.05, 3.63) is 88.9 Å². The fourth-order valence-corrected chi connectivity index (χ4v) is 8.48. The molecule has 0 aliphatic carbocycles. The Labute approximate surface area is 264 Å². The molecule has 0 radical (unpaired) electrons. The number of nitrogens with zero attached hydrogens (tertiary/aromatic N) is 4. The number of rotatable bonds is 10. The predicted octanol–water partition coefficient (Wildman–Crippen LogP) is 7.01. The summed E-state index contributed by atoms with van der Waals surface area (Å²) in [5, 5.41) is 22.7. The average Bonchev–Trinajstić information content (AvgIpc) is 3.58. The molecule has 0 aliphatic heterocycles. The van der Waals surface area contributed by atoms with Crippen LogP contribution in [0.2, 0.25) is 25.7 Å². The summed E-state index contributed by atoms with van der Waals surface area (Å²) in [5.41, 5.74) is 2.91. The number of aliphatic hydroxyl groups is 1. The first kappa shape index (κ1) is 32.0. The molecule has 8 nitrogen and oxygen atoms in total. The second-order valence-corrected chi connectivity index (χ2v) is 20.8. The molecule has 0 saturated heterocycles. The molecule has 11 heteroatoms. The van der Waals surface area contributed by atoms with Crippen molar-refractivity contribution in [1.29, 1.82) is 5.26 Å². The van der Waals surface area contributed by atoms with Gasteiger partial charge in [0, 0.05) is 36.7 Å². The SMILES string of the molecule is CSc1cc(C)c2c(ccn2S(=O)(=O)c2ccc(C)cc2)c1C(C)(O)c1nc2cc(C#N)ccc2n1COCC[Si](C)(C)C. The van der Waals surface area contributed by atoms with E-state index in [-0.39, 0.29) is 11.6 Å². The highest BCUT2D eigenvalue weighted by Crippen LogP contribution is 2.43. The largest absolute Gasteiger partial charge is 0.377 e. The van der Waals surface area contributed by atoms with Gasteiger partial charge in [-0.3, -0.25) is 0 Å². The Bertz CT molecular complexity index is 2020. The first-order chi connectivity index (χ1) is 20.7. The molecule has 0 amide bonds. The second kappa shape index (κ2) is 11.8. The topological polar surface area (TPSA) is 110 Å². The number of fused-ring (bicyclic) bond motifs is 2. The molecule has 5 aromatic rings. The summed E-state index contributed by atoms with van der Waals surface area (Å²) in [6.45, 7) is 13.1. The van der Waals surface area contributed by atoms with Gasteiger partial charge in [0.05, 0.1) is 33.1 Å². The Morgan fingerprint density at radius 3 is 2.43 bits per heavy atom. The highest BCUT2D eigenvalue weighted by atomic mass is 32.2. The lowest BCUT2D eigenvalue weighted by atomic mass is 9.90. The van der Waals surface area contributed by atoms with Crippen LogP contribution in [0.15, 0.2) is 70.6 Å². The van der Waals surface area contributed by atoms with Crippen molar-refractivity contribution in [2.24, 2.45) is 0 Å². The van der Waals surface area contributed by atoms with Gasteiger partial charge in [0.15, 0.2) is 0 Å². The second-order valence-electron chi connectivity index (χ2n) is 12.6. The van der Waals surface area contributed by atoms with Crippen LogP contribution in [0.25, 0.3) is 21.9 Å². The zero-order valence-electron chi connectivity index (χ0n) is 26.2. The summed E-state index contributed by atoms with van der Waals surface area (Å²) in [6.07, 6.45) is 3.49. The molecule has 44 heavy (non-hydrogen) atoms. The van der Waals surface area contributed by atoms with Crippen LogP contribution in [0, 0.1) is 25.2 Å². The predicted molar refractivity (Wildman–Crippen MR) is 179 cm³/mol. The van der Waals surface area contributed by atoms with E-state index in [1.165, 1.54) is 15.7 Å². The van der Waals surface area contributed by atoms with Crippen LogP contribution in [0.3, 0.4) is 0 Å². The molecular weight excluding hydrogens is 609 g/mol. The maximum Gasteiger partial charge on any atom is 0.268 e. The lowest BCUT2D eigenvalue weighted by Gasteiger charge is -2.28. The van der Waals surface area contributed by atoms with Crippen LogP contribution >= 0.6 is 11.8 Å². The van der Waals surface area contributed by atoms with Gasteiger partial charge in [-0.2, -0.15) is 5.26 Å². The fourth-order valence-electron chi connectivity index (χ4n) is 5.51. The van der Waals surface area contributed by atoms with E-state index in [0.29, 0.717) is 40.0 Å². The van der Waals surface area contributed by atoms with Gasteiger partial charge in [0.1, 0.15) is 18.2 Å². The molecule has 0 spiro atoms. The zero-order valence-corrected chi connectivity index (χ0v) is 28.8. The van der Waals surface area contributed by atoms with Gasteiger partial charge in [-0.25, -0.2) is 17.4 Å². The number of imidazole rings is 1. The average molecular weight is 647 g/mol. The smallest absolute Gasteiger partial charge is 0.268 e. The molecule has 1 atom stereocenters. The van der Waals surface area contributed by atoms with Gasteiger partial charge in [0.2, 0.25) is 0 Å². The van der Waals surface area contributed by atoms with Crippen LogP contribution in [0.1, 0.15) is 35.0 Å². The van der Waals surface area contributed by atoms with Crippen molar-refractivity contribution < 1.29 is 18.3 Å². The van der Waals surface area contributed by atoms with Gasteiger partial charge in [-0.1, -0.05) is 37.3 Å². The molecule has 2 heterocycles. The summed E-state index contributed by atoms with van der Waals surface area (Å²) < 4.78 is 37.0. The summed E-state index contributed by atoms with van der Waals surface area (Å²) in [4.78, 5) is 5.86. The third-order valence-corrected chi connectivity index (χ3v) is 12.1. The van der Waals surface area contributed by atoms with E-state index in [0.717, 1.165) is 27.6 Å². The number of hydrogen-bond donors (Lipinski definition) is 1. The molecular formula is C33H38N4O4S2Si. The van der Waals surface area contributed by atoms with Crippen LogP contribution in [-0.2, 0) is 27.1 Å². The van der Waals surface area contributed by atoms with Gasteiger partial charge < -0.3 is 14.4 Å². The van der Waals surface area contributed by atoms with Gasteiger partial charge in [0.25, 0.3) is 10.0 Å². The number of hydrogen-bond acceptors (Lipinski definition) is 7. The van der Waals surface area contributed by atoms with Gasteiger partial charge >= 0.3 is 0 Å². The Hall–Kier alpha value is -3.40. The van der Waals surface area contributed by atoms with Crippen LogP contribution < -0.4 is 0 Å². The number of thioether (sulfide) groups is 1. The number of nitriles is 1. The van der Waals surface area contributed by atoms with E-state index in [1.54, 1.807) is 55.6 Å². The molecule has 0 fully saturated rings. The Morgan fingerprint density at radius 1 is 1.09 bits per heavy atom. The van der Waals surface area contributed by atoms with Crippen LogP contribution in [-0.4, -0.2) is 48.0 Å². The van der Waals surface area contributed by atoms with E-state index in [9.17, 15) is 18.8 Å². The standard InChI is InChI=1S/C33H38N4O4S2Si/c1-22-8-11-25(12-9-22)43(39,40)37-15-14-26-30(29(42-4)18-23(2)31(26)37)33(3,38)32-35-27-19-24(20-34)10-13-28(27)36(32)21-41-16-17-44(5,6)7/h8-15,18-19,38H,16-17,21H2,1-7H3. The van der Waals surface area contributed by atoms with E-state index in [4.69, 9.17) is 9.72 Å². The van der Waals surface area contributed by atoms with Gasteiger partial charge in [-0.05, 0) is 81.1 Å². The number of aryl methyl sites for hydroxylation is 2. The minimum atomic E-state index is -3.91. The quantitative estimate of drug-likeness (QED) is 0.0988. The Morgan fingerprint density at radius 2 is 1.80 bits per heavy atom. The summed E-state index contributed by atoms with van der Waals surface area (Å²) in [5.74, 6) is 0.352. The molecule has 5 rings (SSSR count). The van der Waals surface area contributed by atoms with E-state index in [2.05, 4.69) is 25.7 Å². The molecule has 0 saturated carbocycles. The number of benzene rings is 3. The molecule has 0 bridgehead atoms. The highest BCUT2D eigenvalue weighted by molar-refractivity contribution is 7.98. The minimum absolute atomic E-state index is 0.171. The zero-order chi connectivity index (χ0) is 32.0. The van der Waals surface area contributed by atoms with Crippen molar-refractivity contribution in [2.75, 3.05) is 12.9 Å². The number of aromatic nitrogens is 3. The molecule has 1 N–H and O–H groups in total. The molecule has 3 aromatic carbocycles.